The van der Waals surface area contributed by atoms with Gasteiger partial charge in [0.25, 0.3) is 10.1 Å². The molecule has 0 aromatic rings. The first kappa shape index (κ1) is 24.1. The van der Waals surface area contributed by atoms with E-state index < -0.39 is 14.9 Å². The second kappa shape index (κ2) is 13.3. The Hall–Kier alpha value is 0.870. The molecule has 1 unspecified atom stereocenters. The predicted molar refractivity (Wildman–Crippen MR) is 86.6 cm³/mol. The Morgan fingerprint density at radius 1 is 0.952 bits per heavy atom. The maximum atomic E-state index is 11.3. The van der Waals surface area contributed by atoms with Gasteiger partial charge in [-0.15, -0.1) is 0 Å². The zero-order valence-corrected chi connectivity index (χ0v) is 17.1. The normalized spacial score (nSPS) is 14.5. The second-order valence-corrected chi connectivity index (χ2v) is 8.00. The van der Waals surface area contributed by atoms with Crippen LogP contribution in [-0.4, -0.2) is 24.3 Å². The van der Waals surface area contributed by atoms with E-state index in [9.17, 15) is 13.0 Å². The van der Waals surface area contributed by atoms with Crippen molar-refractivity contribution < 1.29 is 44.0 Å². The van der Waals surface area contributed by atoms with Crippen LogP contribution in [0.25, 0.3) is 0 Å². The minimum atomic E-state index is -4.05. The van der Waals surface area contributed by atoms with Gasteiger partial charge < -0.3 is 7.16 Å². The van der Waals surface area contributed by atoms with Crippen LogP contribution < -0.4 is 35.3 Å². The van der Waals surface area contributed by atoms with Crippen LogP contribution in [0.4, 0.5) is 0 Å². The Morgan fingerprint density at radius 3 is 1.67 bits per heavy atom. The molecule has 0 aliphatic rings. The van der Waals surface area contributed by atoms with Crippen molar-refractivity contribution in [1.29, 1.82) is 0 Å². The Balaban J connectivity index is -0.00000180. The van der Waals surface area contributed by atoms with E-state index >= 15 is 0 Å². The molecule has 0 bridgehead atoms. The van der Waals surface area contributed by atoms with Crippen LogP contribution >= 0.6 is 0 Å². The van der Waals surface area contributed by atoms with Crippen LogP contribution in [0.2, 0.25) is 0 Å². The fourth-order valence-corrected chi connectivity index (χ4v) is 2.94. The monoisotopic (exact) mass is 331 g/mol. The maximum absolute atomic E-state index is 11.3. The van der Waals surface area contributed by atoms with E-state index in [1.54, 1.807) is 0 Å². The summed E-state index contributed by atoms with van der Waals surface area (Å²) in [7, 11) is -4.05. The first-order valence-corrected chi connectivity index (χ1v) is 9.48. The summed E-state index contributed by atoms with van der Waals surface area (Å²) in [6.45, 7) is 3.72. The molecule has 0 aromatic carbocycles. The summed E-state index contributed by atoms with van der Waals surface area (Å²) in [5.41, 5.74) is 5.47. The van der Waals surface area contributed by atoms with Gasteiger partial charge in [0.2, 0.25) is 0 Å². The van der Waals surface area contributed by atoms with Crippen LogP contribution in [0.5, 0.6) is 0 Å². The molecule has 0 aliphatic carbocycles. The van der Waals surface area contributed by atoms with Crippen molar-refractivity contribution in [3.05, 3.63) is 0 Å². The van der Waals surface area contributed by atoms with Gasteiger partial charge in [-0.3, -0.25) is 4.55 Å². The van der Waals surface area contributed by atoms with Crippen molar-refractivity contribution in [2.24, 2.45) is 5.73 Å². The smallest absolute Gasteiger partial charge is 1.00 e. The molecule has 0 aromatic heterocycles. The standard InChI is InChI=1S/C15H33NO3S.Na.H/c1-3-4-5-6-7-8-9-10-11-12-13-15(2,14-16)20(17,18)19;;/h3-14,16H2,1-2H3,(H,17,18,19);;/q;+1;-1. The molecule has 21 heavy (non-hydrogen) atoms. The molecule has 0 saturated heterocycles. The molecule has 0 radical (unpaired) electrons. The third kappa shape index (κ3) is 11.1. The summed E-state index contributed by atoms with van der Waals surface area (Å²) in [6.07, 6.45) is 12.5. The molecule has 3 N–H and O–H groups in total. The van der Waals surface area contributed by atoms with E-state index in [1.165, 1.54) is 51.9 Å². The molecule has 4 nitrogen and oxygen atoms in total. The molecule has 0 spiro atoms. The largest absolute Gasteiger partial charge is 1.00 e. The van der Waals surface area contributed by atoms with Crippen molar-refractivity contribution in [2.75, 3.05) is 6.54 Å². The molecule has 0 fully saturated rings. The molecular weight excluding hydrogens is 297 g/mol. The molecule has 1 atom stereocenters. The third-order valence-corrected chi connectivity index (χ3v) is 5.73. The topological polar surface area (TPSA) is 80.4 Å². The van der Waals surface area contributed by atoms with Gasteiger partial charge >= 0.3 is 29.6 Å². The zero-order chi connectivity index (χ0) is 15.5. The van der Waals surface area contributed by atoms with Crippen molar-refractivity contribution in [2.45, 2.75) is 89.2 Å². The fourth-order valence-electron chi connectivity index (χ4n) is 2.32. The molecule has 0 aliphatic heterocycles. The van der Waals surface area contributed by atoms with Gasteiger partial charge in [0, 0.05) is 6.54 Å². The van der Waals surface area contributed by atoms with E-state index in [-0.39, 0.29) is 37.5 Å². The first-order valence-electron chi connectivity index (χ1n) is 8.04. The van der Waals surface area contributed by atoms with Crippen molar-refractivity contribution in [1.82, 2.24) is 0 Å². The van der Waals surface area contributed by atoms with Gasteiger partial charge in [-0.2, -0.15) is 8.42 Å². The number of rotatable bonds is 13. The number of hydrogen-bond acceptors (Lipinski definition) is 3. The van der Waals surface area contributed by atoms with Gasteiger partial charge in [0.1, 0.15) is 4.75 Å². The Labute approximate surface area is 155 Å². The van der Waals surface area contributed by atoms with Crippen LogP contribution in [0.15, 0.2) is 0 Å². The van der Waals surface area contributed by atoms with Gasteiger partial charge in [-0.05, 0) is 13.3 Å². The van der Waals surface area contributed by atoms with Gasteiger partial charge in [-0.25, -0.2) is 0 Å². The predicted octanol–water partition coefficient (Wildman–Crippen LogP) is 1.02. The van der Waals surface area contributed by atoms with E-state index in [4.69, 9.17) is 5.73 Å². The number of nitrogens with two attached hydrogens (primary N) is 1. The molecule has 0 heterocycles. The SMILES string of the molecule is CCCCCCCCCCCCC(C)(CN)S(=O)(=O)O.[H-].[Na+]. The Bertz CT molecular complexity index is 342. The molecule has 6 heteroatoms. The van der Waals surface area contributed by atoms with Crippen LogP contribution in [-0.2, 0) is 10.1 Å². The minimum Gasteiger partial charge on any atom is -1.00 e. The van der Waals surface area contributed by atoms with E-state index in [0.29, 0.717) is 6.42 Å². The average molecular weight is 331 g/mol. The fraction of sp³-hybridized carbons (Fsp3) is 1.00. The third-order valence-electron chi connectivity index (χ3n) is 4.11. The average Bonchev–Trinajstić information content (AvgIpc) is 2.39. The Morgan fingerprint density at radius 2 is 1.33 bits per heavy atom. The van der Waals surface area contributed by atoms with Gasteiger partial charge in [0.15, 0.2) is 0 Å². The van der Waals surface area contributed by atoms with Crippen LogP contribution in [0, 0.1) is 0 Å². The second-order valence-electron chi connectivity index (χ2n) is 6.06. The minimum absolute atomic E-state index is 0. The van der Waals surface area contributed by atoms with Crippen molar-refractivity contribution in [3.63, 3.8) is 0 Å². The van der Waals surface area contributed by atoms with E-state index in [1.807, 2.05) is 0 Å². The number of unbranched alkanes of at least 4 members (excludes halogenated alkanes) is 9. The molecule has 0 amide bonds. The van der Waals surface area contributed by atoms with Crippen molar-refractivity contribution >= 4 is 10.1 Å². The maximum Gasteiger partial charge on any atom is 1.00 e. The summed E-state index contributed by atoms with van der Waals surface area (Å²) in [4.78, 5) is 0. The van der Waals surface area contributed by atoms with Crippen LogP contribution in [0.1, 0.15) is 85.9 Å². The zero-order valence-electron chi connectivity index (χ0n) is 15.2. The molecule has 0 saturated carbocycles. The summed E-state index contributed by atoms with van der Waals surface area (Å²) < 4.78 is 30.5. The first-order chi connectivity index (χ1) is 9.37. The van der Waals surface area contributed by atoms with E-state index in [0.717, 1.165) is 19.3 Å². The molecule has 0 rings (SSSR count). The van der Waals surface area contributed by atoms with E-state index in [2.05, 4.69) is 6.92 Å². The Kier molecular flexibility index (Phi) is 15.3. The van der Waals surface area contributed by atoms with Gasteiger partial charge in [0.05, 0.1) is 0 Å². The number of hydrogen-bond donors (Lipinski definition) is 2. The summed E-state index contributed by atoms with van der Waals surface area (Å²) in [5, 5.41) is 0. The van der Waals surface area contributed by atoms with Gasteiger partial charge in [-0.1, -0.05) is 71.1 Å². The summed E-state index contributed by atoms with van der Waals surface area (Å²) >= 11 is 0. The van der Waals surface area contributed by atoms with Crippen molar-refractivity contribution in [3.8, 4) is 0 Å². The van der Waals surface area contributed by atoms with Crippen LogP contribution in [0.3, 0.4) is 0 Å². The summed E-state index contributed by atoms with van der Waals surface area (Å²) in [6, 6.07) is 0. The molecule has 124 valence electrons. The summed E-state index contributed by atoms with van der Waals surface area (Å²) in [5.74, 6) is 0. The quantitative estimate of drug-likeness (QED) is 0.300. The molecular formula is C15H34NNaO3S.